The zero-order valence-electron chi connectivity index (χ0n) is 15.2. The first-order chi connectivity index (χ1) is 12.1. The maximum absolute atomic E-state index is 12.5. The molecule has 2 aliphatic carbocycles. The Morgan fingerprint density at radius 1 is 1.20 bits per heavy atom. The molecular formula is C19H28N4OS. The van der Waals surface area contributed by atoms with Gasteiger partial charge in [-0.3, -0.25) is 4.72 Å². The highest BCUT2D eigenvalue weighted by molar-refractivity contribution is 7.95. The molecule has 0 saturated carbocycles. The summed E-state index contributed by atoms with van der Waals surface area (Å²) in [4.78, 5) is 14.8. The minimum atomic E-state index is -0.0994. The Kier molecular flexibility index (Phi) is 4.93. The van der Waals surface area contributed by atoms with Crippen LogP contribution in [-0.4, -0.2) is 48.5 Å². The van der Waals surface area contributed by atoms with Gasteiger partial charge in [0.1, 0.15) is 0 Å². The van der Waals surface area contributed by atoms with Crippen LogP contribution in [0.2, 0.25) is 0 Å². The quantitative estimate of drug-likeness (QED) is 0.811. The summed E-state index contributed by atoms with van der Waals surface area (Å²) in [6.45, 7) is 2.19. The summed E-state index contributed by atoms with van der Waals surface area (Å²) in [6.07, 6.45) is 8.09. The maximum Gasteiger partial charge on any atom is 0.330 e. The first kappa shape index (κ1) is 17.2. The van der Waals surface area contributed by atoms with Crippen LogP contribution in [0.4, 0.5) is 10.5 Å². The second-order valence-electron chi connectivity index (χ2n) is 7.63. The molecule has 5 nitrogen and oxygen atoms in total. The second kappa shape index (κ2) is 7.17. The van der Waals surface area contributed by atoms with Crippen molar-refractivity contribution in [3.05, 3.63) is 28.3 Å². The number of likely N-dealkylation sites (N-methyl/N-ethyl adjacent to an activating group) is 2. The van der Waals surface area contributed by atoms with Crippen LogP contribution in [-0.2, 0) is 25.7 Å². The number of aryl methyl sites for hydroxylation is 2. The Bertz CT molecular complexity index is 646. The number of amides is 2. The average Bonchev–Trinajstić information content (AvgIpc) is 3.32. The first-order valence-corrected chi connectivity index (χ1v) is 10.2. The van der Waals surface area contributed by atoms with E-state index in [-0.39, 0.29) is 6.03 Å². The summed E-state index contributed by atoms with van der Waals surface area (Å²) in [5.74, 6) is 0. The molecule has 1 aromatic rings. The van der Waals surface area contributed by atoms with E-state index in [0.29, 0.717) is 6.04 Å². The molecule has 1 aliphatic heterocycles. The standard InChI is InChI=1S/C19H28N4OS/c1-22-10-9-15(12-22)23(2)25-21-19(24)20-18-16-7-3-5-13(16)11-14-6-4-8-17(14)18/h11,15H,3-10,12H2,1-2H3,(H2,20,21,24). The van der Waals surface area contributed by atoms with Crippen LogP contribution in [0.3, 0.4) is 0 Å². The van der Waals surface area contributed by atoms with Crippen molar-refractivity contribution in [2.75, 3.05) is 32.5 Å². The molecule has 1 unspecified atom stereocenters. The third-order valence-electron chi connectivity index (χ3n) is 5.87. The number of fused-ring (bicyclic) bond motifs is 2. The zero-order valence-corrected chi connectivity index (χ0v) is 16.0. The molecule has 0 bridgehead atoms. The van der Waals surface area contributed by atoms with Crippen molar-refractivity contribution in [3.8, 4) is 0 Å². The number of nitrogens with one attached hydrogen (secondary N) is 2. The number of urea groups is 1. The van der Waals surface area contributed by atoms with E-state index in [1.54, 1.807) is 0 Å². The Hall–Kier alpha value is -1.24. The van der Waals surface area contributed by atoms with Crippen molar-refractivity contribution >= 4 is 23.9 Å². The number of hydrogen-bond donors (Lipinski definition) is 2. The lowest BCUT2D eigenvalue weighted by molar-refractivity contribution is 0.256. The van der Waals surface area contributed by atoms with Gasteiger partial charge >= 0.3 is 6.03 Å². The van der Waals surface area contributed by atoms with Gasteiger partial charge in [-0.15, -0.1) is 0 Å². The summed E-state index contributed by atoms with van der Waals surface area (Å²) in [5.41, 5.74) is 6.78. The summed E-state index contributed by atoms with van der Waals surface area (Å²) >= 11 is 1.41. The largest absolute Gasteiger partial charge is 0.330 e. The Balaban J connectivity index is 1.40. The van der Waals surface area contributed by atoms with Gasteiger partial charge in [0, 0.05) is 30.4 Å². The van der Waals surface area contributed by atoms with E-state index in [2.05, 4.69) is 39.4 Å². The molecule has 1 fully saturated rings. The van der Waals surface area contributed by atoms with Gasteiger partial charge in [0.05, 0.1) is 0 Å². The van der Waals surface area contributed by atoms with E-state index in [1.807, 2.05) is 0 Å². The molecule has 1 atom stereocenters. The van der Waals surface area contributed by atoms with Crippen LogP contribution in [0.25, 0.3) is 0 Å². The topological polar surface area (TPSA) is 47.6 Å². The highest BCUT2D eigenvalue weighted by Gasteiger charge is 2.26. The number of rotatable bonds is 4. The second-order valence-corrected chi connectivity index (χ2v) is 8.60. The third kappa shape index (κ3) is 3.52. The third-order valence-corrected chi connectivity index (χ3v) is 6.74. The van der Waals surface area contributed by atoms with Crippen LogP contribution in [0.1, 0.15) is 41.5 Å². The number of likely N-dealkylation sites (tertiary alicyclic amines) is 1. The lowest BCUT2D eigenvalue weighted by Gasteiger charge is -2.23. The van der Waals surface area contributed by atoms with Crippen LogP contribution >= 0.6 is 12.1 Å². The molecule has 4 rings (SSSR count). The van der Waals surface area contributed by atoms with Crippen molar-refractivity contribution in [3.63, 3.8) is 0 Å². The van der Waals surface area contributed by atoms with Crippen LogP contribution in [0.5, 0.6) is 0 Å². The van der Waals surface area contributed by atoms with Gasteiger partial charge < -0.3 is 10.2 Å². The zero-order chi connectivity index (χ0) is 17.4. The number of anilines is 1. The number of hydrogen-bond acceptors (Lipinski definition) is 4. The molecule has 1 heterocycles. The van der Waals surface area contributed by atoms with Gasteiger partial charge in [-0.1, -0.05) is 6.07 Å². The molecule has 2 N–H and O–H groups in total. The summed E-state index contributed by atoms with van der Waals surface area (Å²) in [5, 5.41) is 3.19. The molecule has 0 radical (unpaired) electrons. The monoisotopic (exact) mass is 360 g/mol. The normalized spacial score (nSPS) is 22.3. The molecule has 1 saturated heterocycles. The van der Waals surface area contributed by atoms with Gasteiger partial charge in [0.25, 0.3) is 0 Å². The fraction of sp³-hybridized carbons (Fsp3) is 0.632. The van der Waals surface area contributed by atoms with E-state index in [1.165, 1.54) is 47.2 Å². The van der Waals surface area contributed by atoms with Crippen LogP contribution < -0.4 is 10.0 Å². The van der Waals surface area contributed by atoms with Gasteiger partial charge in [0.2, 0.25) is 0 Å². The fourth-order valence-electron chi connectivity index (χ4n) is 4.50. The van der Waals surface area contributed by atoms with Crippen molar-refractivity contribution in [2.45, 2.75) is 51.0 Å². The Morgan fingerprint density at radius 2 is 1.88 bits per heavy atom. The first-order valence-electron chi connectivity index (χ1n) is 9.43. The van der Waals surface area contributed by atoms with Gasteiger partial charge in [-0.25, -0.2) is 9.10 Å². The summed E-state index contributed by atoms with van der Waals surface area (Å²) in [7, 11) is 4.21. The van der Waals surface area contributed by atoms with Gasteiger partial charge in [-0.05, 0) is 87.8 Å². The van der Waals surface area contributed by atoms with Gasteiger partial charge in [0.15, 0.2) is 0 Å². The van der Waals surface area contributed by atoms with Crippen LogP contribution in [0, 0.1) is 0 Å². The number of benzene rings is 1. The number of carbonyl (C=O) groups is 1. The molecule has 3 aliphatic rings. The molecule has 25 heavy (non-hydrogen) atoms. The van der Waals surface area contributed by atoms with Gasteiger partial charge in [-0.2, -0.15) is 0 Å². The van der Waals surface area contributed by atoms with Crippen molar-refractivity contribution in [2.24, 2.45) is 0 Å². The van der Waals surface area contributed by atoms with Crippen LogP contribution in [0.15, 0.2) is 6.07 Å². The van der Waals surface area contributed by atoms with Crippen molar-refractivity contribution < 1.29 is 4.79 Å². The maximum atomic E-state index is 12.5. The lowest BCUT2D eigenvalue weighted by Crippen LogP contribution is -2.34. The highest BCUT2D eigenvalue weighted by Crippen LogP contribution is 2.38. The highest BCUT2D eigenvalue weighted by atomic mass is 32.2. The molecule has 6 heteroatoms. The minimum absolute atomic E-state index is 0.0994. The minimum Gasteiger partial charge on any atom is -0.307 e. The van der Waals surface area contributed by atoms with E-state index < -0.39 is 0 Å². The molecule has 0 aromatic heterocycles. The number of carbonyl (C=O) groups excluding carboxylic acids is 1. The predicted octanol–water partition coefficient (Wildman–Crippen LogP) is 2.98. The average molecular weight is 361 g/mol. The van der Waals surface area contributed by atoms with Crippen molar-refractivity contribution in [1.29, 1.82) is 0 Å². The van der Waals surface area contributed by atoms with E-state index >= 15 is 0 Å². The molecule has 1 aromatic carbocycles. The molecule has 0 spiro atoms. The smallest absolute Gasteiger partial charge is 0.307 e. The molecular weight excluding hydrogens is 332 g/mol. The molecule has 136 valence electrons. The SMILES string of the molecule is CN1CCC(N(C)SNC(=O)Nc2c3c(cc4c2CCC4)CCC3)C1. The Morgan fingerprint density at radius 3 is 2.48 bits per heavy atom. The molecule has 2 amide bonds. The van der Waals surface area contributed by atoms with E-state index in [4.69, 9.17) is 0 Å². The number of nitrogens with zero attached hydrogens (tertiary/aromatic N) is 2. The summed E-state index contributed by atoms with van der Waals surface area (Å²) in [6, 6.07) is 2.80. The van der Waals surface area contributed by atoms with Crippen molar-refractivity contribution in [1.82, 2.24) is 13.9 Å². The summed E-state index contributed by atoms with van der Waals surface area (Å²) < 4.78 is 5.15. The lowest BCUT2D eigenvalue weighted by atomic mass is 9.99. The predicted molar refractivity (Wildman–Crippen MR) is 104 cm³/mol. The fourth-order valence-corrected chi connectivity index (χ4v) is 5.10. The van der Waals surface area contributed by atoms with E-state index in [9.17, 15) is 4.79 Å². The van der Waals surface area contributed by atoms with E-state index in [0.717, 1.165) is 50.9 Å². The Labute approximate surface area is 154 Å².